The Morgan fingerprint density at radius 1 is 0.707 bits per heavy atom. The van der Waals surface area contributed by atoms with E-state index in [-0.39, 0.29) is 11.9 Å². The van der Waals surface area contributed by atoms with E-state index in [1.165, 1.54) is 16.7 Å². The standard InChI is InChI=1S/C37H37N3O/c1-26(2)28-15-17-29(18-16-28)35-25-33(32-24-27(3)14-19-34(32)38-35)37(41)40-22-20-39(21-23-40)36(30-10-6-4-7-11-30)31-12-8-5-9-13-31/h4-19,24-26,36H,20-23H2,1-3H3. The van der Waals surface area contributed by atoms with Gasteiger partial charge in [0.2, 0.25) is 0 Å². The van der Waals surface area contributed by atoms with Crippen molar-refractivity contribution in [1.82, 2.24) is 14.8 Å². The highest BCUT2D eigenvalue weighted by Crippen LogP contribution is 2.31. The van der Waals surface area contributed by atoms with Crippen LogP contribution in [-0.4, -0.2) is 46.9 Å². The maximum atomic E-state index is 14.1. The molecule has 1 saturated heterocycles. The molecule has 0 unspecified atom stereocenters. The zero-order valence-electron chi connectivity index (χ0n) is 24.1. The van der Waals surface area contributed by atoms with Crippen LogP contribution in [0.15, 0.2) is 109 Å². The number of fused-ring (bicyclic) bond motifs is 1. The molecule has 6 rings (SSSR count). The summed E-state index contributed by atoms with van der Waals surface area (Å²) >= 11 is 0. The number of piperazine rings is 1. The number of carbonyl (C=O) groups excluding carboxylic acids is 1. The second-order valence-corrected chi connectivity index (χ2v) is 11.4. The largest absolute Gasteiger partial charge is 0.336 e. The lowest BCUT2D eigenvalue weighted by Gasteiger charge is -2.40. The van der Waals surface area contributed by atoms with E-state index in [0.29, 0.717) is 19.0 Å². The molecule has 0 N–H and O–H groups in total. The summed E-state index contributed by atoms with van der Waals surface area (Å²) in [5.74, 6) is 0.550. The van der Waals surface area contributed by atoms with Gasteiger partial charge in [-0.3, -0.25) is 9.69 Å². The van der Waals surface area contributed by atoms with Gasteiger partial charge in [-0.2, -0.15) is 0 Å². The molecule has 1 fully saturated rings. The average Bonchev–Trinajstić information content (AvgIpc) is 3.02. The topological polar surface area (TPSA) is 36.4 Å². The van der Waals surface area contributed by atoms with Crippen LogP contribution in [0.4, 0.5) is 0 Å². The van der Waals surface area contributed by atoms with Crippen LogP contribution in [-0.2, 0) is 0 Å². The van der Waals surface area contributed by atoms with Crippen LogP contribution in [0.25, 0.3) is 22.2 Å². The molecule has 206 valence electrons. The number of pyridine rings is 1. The predicted molar refractivity (Wildman–Crippen MR) is 168 cm³/mol. The minimum atomic E-state index is 0.0821. The summed E-state index contributed by atoms with van der Waals surface area (Å²) in [7, 11) is 0. The normalized spacial score (nSPS) is 14.2. The van der Waals surface area contributed by atoms with Gasteiger partial charge in [-0.05, 0) is 47.7 Å². The smallest absolute Gasteiger partial charge is 0.254 e. The molecule has 0 atom stereocenters. The number of amides is 1. The Bertz CT molecular complexity index is 1600. The number of nitrogens with zero attached hydrogens (tertiary/aromatic N) is 3. The van der Waals surface area contributed by atoms with Gasteiger partial charge >= 0.3 is 0 Å². The Hall–Kier alpha value is -4.28. The Morgan fingerprint density at radius 3 is 1.90 bits per heavy atom. The van der Waals surface area contributed by atoms with Gasteiger partial charge in [0.05, 0.1) is 22.8 Å². The molecule has 1 aromatic heterocycles. The lowest BCUT2D eigenvalue weighted by atomic mass is 9.96. The molecule has 0 bridgehead atoms. The van der Waals surface area contributed by atoms with Crippen molar-refractivity contribution >= 4 is 16.8 Å². The minimum Gasteiger partial charge on any atom is -0.336 e. The van der Waals surface area contributed by atoms with Crippen molar-refractivity contribution in [3.8, 4) is 11.3 Å². The number of aromatic nitrogens is 1. The molecule has 0 saturated carbocycles. The van der Waals surface area contributed by atoms with Gasteiger partial charge < -0.3 is 4.90 Å². The molecule has 1 aliphatic rings. The van der Waals surface area contributed by atoms with E-state index in [9.17, 15) is 4.79 Å². The highest BCUT2D eigenvalue weighted by molar-refractivity contribution is 6.07. The third-order valence-corrected chi connectivity index (χ3v) is 8.26. The van der Waals surface area contributed by atoms with Crippen molar-refractivity contribution < 1.29 is 4.79 Å². The highest BCUT2D eigenvalue weighted by Gasteiger charge is 2.29. The van der Waals surface area contributed by atoms with Gasteiger partial charge in [-0.1, -0.05) is 110 Å². The number of rotatable bonds is 6. The van der Waals surface area contributed by atoms with Crippen LogP contribution in [0.5, 0.6) is 0 Å². The number of carbonyl (C=O) groups is 1. The summed E-state index contributed by atoms with van der Waals surface area (Å²) in [4.78, 5) is 23.6. The molecule has 4 nitrogen and oxygen atoms in total. The van der Waals surface area contributed by atoms with Crippen molar-refractivity contribution in [3.05, 3.63) is 137 Å². The molecule has 41 heavy (non-hydrogen) atoms. The van der Waals surface area contributed by atoms with Crippen LogP contribution in [0.2, 0.25) is 0 Å². The van der Waals surface area contributed by atoms with E-state index in [1.54, 1.807) is 0 Å². The zero-order chi connectivity index (χ0) is 28.3. The van der Waals surface area contributed by atoms with E-state index in [0.717, 1.165) is 46.4 Å². The summed E-state index contributed by atoms with van der Waals surface area (Å²) < 4.78 is 0. The fourth-order valence-electron chi connectivity index (χ4n) is 5.94. The Kier molecular flexibility index (Phi) is 7.67. The molecule has 1 amide bonds. The van der Waals surface area contributed by atoms with Gasteiger partial charge in [0.15, 0.2) is 0 Å². The lowest BCUT2D eigenvalue weighted by Crippen LogP contribution is -2.49. The first-order chi connectivity index (χ1) is 20.0. The van der Waals surface area contributed by atoms with E-state index < -0.39 is 0 Å². The maximum Gasteiger partial charge on any atom is 0.254 e. The molecule has 0 radical (unpaired) electrons. The molecule has 2 heterocycles. The van der Waals surface area contributed by atoms with Gasteiger partial charge in [-0.25, -0.2) is 4.98 Å². The molecule has 4 heteroatoms. The van der Waals surface area contributed by atoms with E-state index in [4.69, 9.17) is 4.98 Å². The van der Waals surface area contributed by atoms with Crippen molar-refractivity contribution in [2.75, 3.05) is 26.2 Å². The minimum absolute atomic E-state index is 0.0821. The monoisotopic (exact) mass is 539 g/mol. The number of aryl methyl sites for hydroxylation is 1. The third-order valence-electron chi connectivity index (χ3n) is 8.26. The van der Waals surface area contributed by atoms with Crippen LogP contribution in [0, 0.1) is 6.92 Å². The maximum absolute atomic E-state index is 14.1. The Labute approximate surface area is 243 Å². The Morgan fingerprint density at radius 2 is 1.32 bits per heavy atom. The highest BCUT2D eigenvalue weighted by atomic mass is 16.2. The van der Waals surface area contributed by atoms with Crippen LogP contribution in [0.1, 0.15) is 58.4 Å². The van der Waals surface area contributed by atoms with Crippen LogP contribution < -0.4 is 0 Å². The van der Waals surface area contributed by atoms with Gasteiger partial charge in [0.1, 0.15) is 0 Å². The summed E-state index contributed by atoms with van der Waals surface area (Å²) in [6, 6.07) is 38.3. The van der Waals surface area contributed by atoms with Gasteiger partial charge in [-0.15, -0.1) is 0 Å². The molecular weight excluding hydrogens is 502 g/mol. The molecule has 4 aromatic carbocycles. The van der Waals surface area contributed by atoms with E-state index in [2.05, 4.69) is 123 Å². The van der Waals surface area contributed by atoms with Crippen molar-refractivity contribution in [2.45, 2.75) is 32.7 Å². The first-order valence-electron chi connectivity index (χ1n) is 14.6. The lowest BCUT2D eigenvalue weighted by molar-refractivity contribution is 0.0599. The number of hydrogen-bond acceptors (Lipinski definition) is 3. The average molecular weight is 540 g/mol. The SMILES string of the molecule is Cc1ccc2nc(-c3ccc(C(C)C)cc3)cc(C(=O)N3CCN(C(c4ccccc4)c4ccccc4)CC3)c2c1. The molecule has 0 spiro atoms. The van der Waals surface area contributed by atoms with E-state index >= 15 is 0 Å². The molecule has 5 aromatic rings. The second-order valence-electron chi connectivity index (χ2n) is 11.4. The molecule has 0 aliphatic carbocycles. The molecular formula is C37H37N3O. The van der Waals surface area contributed by atoms with Gasteiger partial charge in [0.25, 0.3) is 5.91 Å². The van der Waals surface area contributed by atoms with Crippen LogP contribution in [0.3, 0.4) is 0 Å². The van der Waals surface area contributed by atoms with Crippen molar-refractivity contribution in [3.63, 3.8) is 0 Å². The summed E-state index contributed by atoms with van der Waals surface area (Å²) in [6.07, 6.45) is 0. The van der Waals surface area contributed by atoms with E-state index in [1.807, 2.05) is 17.0 Å². The molecule has 1 aliphatic heterocycles. The third kappa shape index (κ3) is 5.66. The summed E-state index contributed by atoms with van der Waals surface area (Å²) in [5, 5.41) is 0.923. The number of hydrogen-bond donors (Lipinski definition) is 0. The second kappa shape index (κ2) is 11.7. The first-order valence-corrected chi connectivity index (χ1v) is 14.6. The fraction of sp³-hybridized carbons (Fsp3) is 0.243. The number of benzene rings is 4. The van der Waals surface area contributed by atoms with Crippen LogP contribution >= 0.6 is 0 Å². The van der Waals surface area contributed by atoms with Crippen molar-refractivity contribution in [2.24, 2.45) is 0 Å². The Balaban J connectivity index is 1.29. The zero-order valence-corrected chi connectivity index (χ0v) is 24.1. The quantitative estimate of drug-likeness (QED) is 0.220. The first kappa shape index (κ1) is 26.9. The fourth-order valence-corrected chi connectivity index (χ4v) is 5.94. The summed E-state index contributed by atoms with van der Waals surface area (Å²) in [5.41, 5.74) is 8.44. The van der Waals surface area contributed by atoms with Crippen molar-refractivity contribution in [1.29, 1.82) is 0 Å². The summed E-state index contributed by atoms with van der Waals surface area (Å²) in [6.45, 7) is 9.45. The van der Waals surface area contributed by atoms with Gasteiger partial charge in [0, 0.05) is 37.1 Å². The predicted octanol–water partition coefficient (Wildman–Crippen LogP) is 7.88.